The molecule has 1 fully saturated rings. The van der Waals surface area contributed by atoms with Gasteiger partial charge in [0.25, 0.3) is 5.91 Å². The van der Waals surface area contributed by atoms with Crippen LogP contribution in [0.1, 0.15) is 37.3 Å². The number of carbonyl (C=O) groups excluding carboxylic acids is 1. The number of amides is 1. The second kappa shape index (κ2) is 7.74. The summed E-state index contributed by atoms with van der Waals surface area (Å²) in [6, 6.07) is 8.64. The van der Waals surface area contributed by atoms with Crippen LogP contribution in [0.15, 0.2) is 42.9 Å². The number of benzene rings is 1. The van der Waals surface area contributed by atoms with E-state index in [0.717, 1.165) is 35.4 Å². The molecule has 0 radical (unpaired) electrons. The van der Waals surface area contributed by atoms with Gasteiger partial charge in [-0.3, -0.25) is 4.79 Å². The first-order valence-electron chi connectivity index (χ1n) is 11.2. The minimum absolute atomic E-state index is 0.114. The highest BCUT2D eigenvalue weighted by molar-refractivity contribution is 5.88. The van der Waals surface area contributed by atoms with E-state index in [1.54, 1.807) is 11.2 Å². The minimum Gasteiger partial charge on any atom is -0.380 e. The Morgan fingerprint density at radius 2 is 2.06 bits per heavy atom. The summed E-state index contributed by atoms with van der Waals surface area (Å²) in [5.41, 5.74) is 5.71. The zero-order chi connectivity index (χ0) is 22.5. The second-order valence-electron chi connectivity index (χ2n) is 8.90. The van der Waals surface area contributed by atoms with Crippen molar-refractivity contribution in [3.8, 4) is 0 Å². The number of hydrogen-bond acceptors (Lipinski definition) is 5. The molecule has 0 unspecified atom stereocenters. The molecule has 2 aromatic heterocycles. The summed E-state index contributed by atoms with van der Waals surface area (Å²) in [7, 11) is 4.04. The van der Waals surface area contributed by atoms with Crippen molar-refractivity contribution in [3.63, 3.8) is 0 Å². The topological polar surface area (TPSA) is 74.5 Å². The molecule has 32 heavy (non-hydrogen) atoms. The Morgan fingerprint density at radius 3 is 2.75 bits per heavy atom. The number of aliphatic hydroxyl groups is 1. The van der Waals surface area contributed by atoms with Gasteiger partial charge >= 0.3 is 0 Å². The fourth-order valence-corrected chi connectivity index (χ4v) is 4.46. The van der Waals surface area contributed by atoms with Crippen molar-refractivity contribution < 1.29 is 9.90 Å². The van der Waals surface area contributed by atoms with Gasteiger partial charge in [-0.25, -0.2) is 9.97 Å². The van der Waals surface area contributed by atoms with Crippen molar-refractivity contribution in [2.75, 3.05) is 25.0 Å². The van der Waals surface area contributed by atoms with Gasteiger partial charge < -0.3 is 19.5 Å². The van der Waals surface area contributed by atoms with E-state index in [1.165, 1.54) is 16.7 Å². The number of imidazole rings is 1. The molecule has 1 amide bonds. The molecule has 1 aliphatic heterocycles. The molecule has 0 atom stereocenters. The first-order valence-corrected chi connectivity index (χ1v) is 11.2. The van der Waals surface area contributed by atoms with E-state index in [1.807, 2.05) is 24.9 Å². The second-order valence-corrected chi connectivity index (χ2v) is 8.90. The van der Waals surface area contributed by atoms with Crippen LogP contribution in [0, 0.1) is 0 Å². The van der Waals surface area contributed by atoms with Crippen molar-refractivity contribution >= 4 is 34.0 Å². The molecule has 5 rings (SSSR count). The average Bonchev–Trinajstić information content (AvgIpc) is 3.49. The van der Waals surface area contributed by atoms with Crippen LogP contribution in [-0.2, 0) is 18.3 Å². The Hall–Kier alpha value is -3.19. The smallest absolute Gasteiger partial charge is 0.254 e. The molecule has 2 aliphatic rings. The maximum Gasteiger partial charge on any atom is 0.254 e. The zero-order valence-electron chi connectivity index (χ0n) is 18.9. The molecule has 3 aromatic rings. The number of carbonyl (C=O) groups is 1. The fraction of sp³-hybridized carbons (Fsp3) is 0.400. The third-order valence-corrected chi connectivity index (χ3v) is 6.75. The number of aryl methyl sites for hydroxylation is 2. The van der Waals surface area contributed by atoms with E-state index in [-0.39, 0.29) is 5.91 Å². The summed E-state index contributed by atoms with van der Waals surface area (Å²) in [6.45, 7) is 3.39. The van der Waals surface area contributed by atoms with E-state index in [0.29, 0.717) is 25.9 Å². The van der Waals surface area contributed by atoms with E-state index >= 15 is 0 Å². The van der Waals surface area contributed by atoms with Gasteiger partial charge in [0.2, 0.25) is 0 Å². The van der Waals surface area contributed by atoms with Crippen molar-refractivity contribution in [2.45, 2.75) is 38.2 Å². The van der Waals surface area contributed by atoms with Crippen molar-refractivity contribution in [2.24, 2.45) is 7.05 Å². The molecule has 1 aliphatic carbocycles. The maximum atomic E-state index is 12.4. The number of anilines is 2. The SMILES string of the molecule is CCc1cc(C2=CCN(C(=O)C3(O)CC3)CC2)ccc1N(C)c1cc2c(cn1)ncn2C. The third kappa shape index (κ3) is 3.56. The van der Waals surface area contributed by atoms with Crippen LogP contribution in [0.4, 0.5) is 11.5 Å². The average molecular weight is 432 g/mol. The molecule has 3 heterocycles. The Balaban J connectivity index is 1.38. The van der Waals surface area contributed by atoms with Crippen LogP contribution < -0.4 is 4.90 Å². The summed E-state index contributed by atoms with van der Waals surface area (Å²) in [5, 5.41) is 10.1. The fourth-order valence-electron chi connectivity index (χ4n) is 4.46. The summed E-state index contributed by atoms with van der Waals surface area (Å²) >= 11 is 0. The molecule has 7 nitrogen and oxygen atoms in total. The summed E-state index contributed by atoms with van der Waals surface area (Å²) < 4.78 is 2.00. The highest BCUT2D eigenvalue weighted by Gasteiger charge is 2.50. The summed E-state index contributed by atoms with van der Waals surface area (Å²) in [6.07, 6.45) is 8.65. The normalized spacial score (nSPS) is 17.4. The number of pyridine rings is 1. The van der Waals surface area contributed by atoms with Crippen LogP contribution in [-0.4, -0.2) is 56.2 Å². The first kappa shape index (κ1) is 20.7. The number of hydrogen-bond donors (Lipinski definition) is 1. The Kier molecular flexibility index (Phi) is 5.01. The Bertz CT molecular complexity index is 1220. The van der Waals surface area contributed by atoms with Crippen LogP contribution in [0.25, 0.3) is 16.6 Å². The molecule has 1 N–H and O–H groups in total. The highest BCUT2D eigenvalue weighted by atomic mass is 16.3. The number of aromatic nitrogens is 3. The lowest BCUT2D eigenvalue weighted by atomic mass is 9.95. The predicted molar refractivity (Wildman–Crippen MR) is 126 cm³/mol. The predicted octanol–water partition coefficient (Wildman–Crippen LogP) is 3.44. The number of rotatable bonds is 5. The van der Waals surface area contributed by atoms with E-state index in [4.69, 9.17) is 0 Å². The summed E-state index contributed by atoms with van der Waals surface area (Å²) in [5.74, 6) is 0.768. The first-order chi connectivity index (χ1) is 15.4. The summed E-state index contributed by atoms with van der Waals surface area (Å²) in [4.78, 5) is 25.3. The minimum atomic E-state index is -1.08. The lowest BCUT2D eigenvalue weighted by Gasteiger charge is -2.29. The van der Waals surface area contributed by atoms with Crippen LogP contribution in [0.3, 0.4) is 0 Å². The largest absolute Gasteiger partial charge is 0.380 e. The Labute approximate surface area is 188 Å². The van der Waals surface area contributed by atoms with Crippen LogP contribution in [0.5, 0.6) is 0 Å². The van der Waals surface area contributed by atoms with Gasteiger partial charge in [0.1, 0.15) is 16.9 Å². The van der Waals surface area contributed by atoms with Gasteiger partial charge in [-0.05, 0) is 54.5 Å². The standard InChI is InChI=1S/C25H29N5O2/c1-4-17-13-19(18-7-11-30(12-8-18)24(31)25(32)9-10-25)5-6-21(17)29(3)23-14-22-20(15-26-23)27-16-28(22)2/h5-7,13-16,32H,4,8-12H2,1-3H3. The molecule has 1 saturated carbocycles. The van der Waals surface area contributed by atoms with Crippen LogP contribution >= 0.6 is 0 Å². The number of fused-ring (bicyclic) bond motifs is 1. The van der Waals surface area contributed by atoms with Gasteiger partial charge in [0.05, 0.1) is 18.0 Å². The van der Waals surface area contributed by atoms with Crippen molar-refractivity contribution in [1.29, 1.82) is 0 Å². The Morgan fingerprint density at radius 1 is 1.25 bits per heavy atom. The quantitative estimate of drug-likeness (QED) is 0.670. The van der Waals surface area contributed by atoms with Crippen molar-refractivity contribution in [3.05, 3.63) is 54.0 Å². The van der Waals surface area contributed by atoms with Gasteiger partial charge in [-0.15, -0.1) is 0 Å². The molecule has 0 saturated heterocycles. The highest BCUT2D eigenvalue weighted by Crippen LogP contribution is 2.38. The number of nitrogens with zero attached hydrogens (tertiary/aromatic N) is 5. The zero-order valence-corrected chi connectivity index (χ0v) is 18.9. The molecular formula is C25H29N5O2. The van der Waals surface area contributed by atoms with E-state index < -0.39 is 5.60 Å². The monoisotopic (exact) mass is 431 g/mol. The lowest BCUT2D eigenvalue weighted by Crippen LogP contribution is -2.42. The molecule has 7 heteroatoms. The maximum absolute atomic E-state index is 12.4. The van der Waals surface area contributed by atoms with Crippen LogP contribution in [0.2, 0.25) is 0 Å². The van der Waals surface area contributed by atoms with Gasteiger partial charge in [0, 0.05) is 38.9 Å². The lowest BCUT2D eigenvalue weighted by molar-refractivity contribution is -0.142. The molecule has 0 spiro atoms. The van der Waals surface area contributed by atoms with E-state index in [9.17, 15) is 9.90 Å². The van der Waals surface area contributed by atoms with Gasteiger partial charge in [-0.1, -0.05) is 19.1 Å². The van der Waals surface area contributed by atoms with Gasteiger partial charge in [0.15, 0.2) is 0 Å². The third-order valence-electron chi connectivity index (χ3n) is 6.75. The molecular weight excluding hydrogens is 402 g/mol. The van der Waals surface area contributed by atoms with Crippen molar-refractivity contribution in [1.82, 2.24) is 19.4 Å². The molecule has 166 valence electrons. The molecule has 0 bridgehead atoms. The van der Waals surface area contributed by atoms with E-state index in [2.05, 4.69) is 52.1 Å². The molecule has 1 aromatic carbocycles. The van der Waals surface area contributed by atoms with Gasteiger partial charge in [-0.2, -0.15) is 0 Å².